The zero-order chi connectivity index (χ0) is 13.3. The highest BCUT2D eigenvalue weighted by Gasteiger charge is 2.11. The van der Waals surface area contributed by atoms with Crippen LogP contribution in [-0.2, 0) is 4.79 Å². The van der Waals surface area contributed by atoms with Crippen molar-refractivity contribution >= 4 is 5.91 Å². The molecular weight excluding hydrogens is 214 g/mol. The summed E-state index contributed by atoms with van der Waals surface area (Å²) in [5.41, 5.74) is 5.68. The van der Waals surface area contributed by atoms with Crippen molar-refractivity contribution in [2.45, 2.75) is 26.3 Å². The van der Waals surface area contributed by atoms with Crippen LogP contribution in [0.3, 0.4) is 0 Å². The molecule has 0 radical (unpaired) electrons. The monoisotopic (exact) mass is 239 g/mol. The van der Waals surface area contributed by atoms with Gasteiger partial charge in [0, 0.05) is 26.6 Å². The molecule has 0 aromatic heterocycles. The van der Waals surface area contributed by atoms with Gasteiger partial charge in [-0.05, 0) is 18.2 Å². The number of allylic oxidation sites excluding steroid dienone is 2. The fourth-order valence-corrected chi connectivity index (χ4v) is 1.39. The zero-order valence-electron chi connectivity index (χ0n) is 11.1. The maximum absolute atomic E-state index is 11.5. The number of carbonyl (C=O) groups excluding carboxylic acids is 1. The summed E-state index contributed by atoms with van der Waals surface area (Å²) in [6, 6.07) is 0.113. The topological polar surface area (TPSA) is 58.4 Å². The predicted octanol–water partition coefficient (Wildman–Crippen LogP) is 1.11. The predicted molar refractivity (Wildman–Crippen MR) is 72.4 cm³/mol. The highest BCUT2D eigenvalue weighted by molar-refractivity contribution is 5.76. The summed E-state index contributed by atoms with van der Waals surface area (Å²) in [6.07, 6.45) is 6.02. The van der Waals surface area contributed by atoms with Crippen molar-refractivity contribution in [1.29, 1.82) is 0 Å². The summed E-state index contributed by atoms with van der Waals surface area (Å²) in [4.78, 5) is 13.5. The molecule has 1 atom stereocenters. The Morgan fingerprint density at radius 2 is 2.18 bits per heavy atom. The summed E-state index contributed by atoms with van der Waals surface area (Å²) in [7, 11) is 1.94. The third-order valence-corrected chi connectivity index (χ3v) is 2.43. The van der Waals surface area contributed by atoms with Gasteiger partial charge in [0.15, 0.2) is 0 Å². The SMILES string of the molecule is C=CC=CN(C)C(CN)CNC(=O)CC(C)C. The largest absolute Gasteiger partial charge is 0.374 e. The Kier molecular flexibility index (Phi) is 8.15. The molecule has 0 rings (SSSR count). The number of nitrogens with two attached hydrogens (primary N) is 1. The van der Waals surface area contributed by atoms with Gasteiger partial charge in [-0.15, -0.1) is 0 Å². The van der Waals surface area contributed by atoms with Crippen molar-refractivity contribution in [1.82, 2.24) is 10.2 Å². The Hall–Kier alpha value is -1.29. The van der Waals surface area contributed by atoms with Gasteiger partial charge < -0.3 is 16.0 Å². The summed E-state index contributed by atoms with van der Waals surface area (Å²) in [5.74, 6) is 0.462. The van der Waals surface area contributed by atoms with E-state index in [1.807, 2.05) is 38.1 Å². The van der Waals surface area contributed by atoms with Crippen LogP contribution in [-0.4, -0.2) is 37.0 Å². The summed E-state index contributed by atoms with van der Waals surface area (Å²) in [5, 5.41) is 2.90. The molecule has 0 bridgehead atoms. The zero-order valence-corrected chi connectivity index (χ0v) is 11.1. The first-order valence-electron chi connectivity index (χ1n) is 5.99. The minimum atomic E-state index is 0.0829. The van der Waals surface area contributed by atoms with Crippen LogP contribution in [0.4, 0.5) is 0 Å². The number of nitrogens with zero attached hydrogens (tertiary/aromatic N) is 1. The third-order valence-electron chi connectivity index (χ3n) is 2.43. The van der Waals surface area contributed by atoms with Crippen LogP contribution < -0.4 is 11.1 Å². The lowest BCUT2D eigenvalue weighted by Crippen LogP contribution is -2.44. The van der Waals surface area contributed by atoms with Gasteiger partial charge in [0.25, 0.3) is 0 Å². The van der Waals surface area contributed by atoms with Crippen LogP contribution in [0.1, 0.15) is 20.3 Å². The van der Waals surface area contributed by atoms with Gasteiger partial charge in [0.1, 0.15) is 0 Å². The Morgan fingerprint density at radius 1 is 1.53 bits per heavy atom. The van der Waals surface area contributed by atoms with Gasteiger partial charge in [-0.2, -0.15) is 0 Å². The molecule has 0 aliphatic carbocycles. The van der Waals surface area contributed by atoms with E-state index >= 15 is 0 Å². The molecule has 3 N–H and O–H groups in total. The lowest BCUT2D eigenvalue weighted by atomic mass is 10.1. The minimum Gasteiger partial charge on any atom is -0.374 e. The molecule has 0 saturated carbocycles. The molecule has 4 nitrogen and oxygen atoms in total. The highest BCUT2D eigenvalue weighted by Crippen LogP contribution is 1.99. The van der Waals surface area contributed by atoms with E-state index in [-0.39, 0.29) is 11.9 Å². The number of hydrogen-bond acceptors (Lipinski definition) is 3. The van der Waals surface area contributed by atoms with Crippen LogP contribution in [0.5, 0.6) is 0 Å². The molecule has 17 heavy (non-hydrogen) atoms. The number of rotatable bonds is 8. The minimum absolute atomic E-state index is 0.0829. The molecule has 1 amide bonds. The standard InChI is InChI=1S/C13H25N3O/c1-5-6-7-16(4)12(9-14)10-15-13(17)8-11(2)3/h5-7,11-12H,1,8-10,14H2,2-4H3,(H,15,17). The van der Waals surface area contributed by atoms with Gasteiger partial charge in [0.2, 0.25) is 5.91 Å². The second kappa shape index (κ2) is 8.82. The van der Waals surface area contributed by atoms with Crippen molar-refractivity contribution in [3.63, 3.8) is 0 Å². The first kappa shape index (κ1) is 15.7. The number of carbonyl (C=O) groups is 1. The Morgan fingerprint density at radius 3 is 2.65 bits per heavy atom. The van der Waals surface area contributed by atoms with Crippen LogP contribution in [0.2, 0.25) is 0 Å². The van der Waals surface area contributed by atoms with Crippen LogP contribution in [0.15, 0.2) is 24.9 Å². The smallest absolute Gasteiger partial charge is 0.220 e. The summed E-state index contributed by atoms with van der Waals surface area (Å²) < 4.78 is 0. The number of nitrogens with one attached hydrogen (secondary N) is 1. The first-order valence-corrected chi connectivity index (χ1v) is 5.99. The average molecular weight is 239 g/mol. The maximum Gasteiger partial charge on any atom is 0.220 e. The Bertz CT molecular complexity index is 261. The van der Waals surface area contributed by atoms with E-state index in [1.54, 1.807) is 6.08 Å². The van der Waals surface area contributed by atoms with Gasteiger partial charge in [0.05, 0.1) is 6.04 Å². The second-order valence-electron chi connectivity index (χ2n) is 4.53. The number of likely N-dealkylation sites (N-methyl/N-ethyl adjacent to an activating group) is 1. The number of hydrogen-bond donors (Lipinski definition) is 2. The van der Waals surface area contributed by atoms with Gasteiger partial charge in [-0.3, -0.25) is 4.79 Å². The third kappa shape index (κ3) is 7.58. The van der Waals surface area contributed by atoms with E-state index in [4.69, 9.17) is 5.73 Å². The van der Waals surface area contributed by atoms with Crippen molar-refractivity contribution in [2.24, 2.45) is 11.7 Å². The lowest BCUT2D eigenvalue weighted by molar-refractivity contribution is -0.121. The van der Waals surface area contributed by atoms with Crippen molar-refractivity contribution in [2.75, 3.05) is 20.1 Å². The average Bonchev–Trinajstić information content (AvgIpc) is 2.26. The molecular formula is C13H25N3O. The van der Waals surface area contributed by atoms with E-state index in [9.17, 15) is 4.79 Å². The molecule has 0 aliphatic rings. The van der Waals surface area contributed by atoms with E-state index < -0.39 is 0 Å². The van der Waals surface area contributed by atoms with E-state index in [1.165, 1.54) is 0 Å². The molecule has 1 unspecified atom stereocenters. The lowest BCUT2D eigenvalue weighted by Gasteiger charge is -2.25. The molecule has 0 spiro atoms. The fraction of sp³-hybridized carbons (Fsp3) is 0.615. The normalized spacial score (nSPS) is 12.8. The maximum atomic E-state index is 11.5. The van der Waals surface area contributed by atoms with Crippen molar-refractivity contribution < 1.29 is 4.79 Å². The summed E-state index contributed by atoms with van der Waals surface area (Å²) >= 11 is 0. The van der Waals surface area contributed by atoms with Crippen LogP contribution in [0.25, 0.3) is 0 Å². The second-order valence-corrected chi connectivity index (χ2v) is 4.53. The highest BCUT2D eigenvalue weighted by atomic mass is 16.1. The van der Waals surface area contributed by atoms with E-state index in [0.29, 0.717) is 25.4 Å². The summed E-state index contributed by atoms with van der Waals surface area (Å²) in [6.45, 7) is 8.73. The van der Waals surface area contributed by atoms with Gasteiger partial charge >= 0.3 is 0 Å². The van der Waals surface area contributed by atoms with Crippen LogP contribution >= 0.6 is 0 Å². The quantitative estimate of drug-likeness (QED) is 0.624. The van der Waals surface area contributed by atoms with Gasteiger partial charge in [-0.25, -0.2) is 0 Å². The van der Waals surface area contributed by atoms with Crippen LogP contribution in [0, 0.1) is 5.92 Å². The molecule has 0 aliphatic heterocycles. The van der Waals surface area contributed by atoms with E-state index in [2.05, 4.69) is 11.9 Å². The Balaban J connectivity index is 4.08. The van der Waals surface area contributed by atoms with Gasteiger partial charge in [-0.1, -0.05) is 26.5 Å². The molecule has 98 valence electrons. The van der Waals surface area contributed by atoms with Crippen molar-refractivity contribution in [3.8, 4) is 0 Å². The van der Waals surface area contributed by atoms with Crippen molar-refractivity contribution in [3.05, 3.63) is 24.9 Å². The molecule has 0 heterocycles. The molecule has 0 aromatic rings. The van der Waals surface area contributed by atoms with E-state index in [0.717, 1.165) is 0 Å². The molecule has 0 saturated heterocycles. The molecule has 4 heteroatoms. The number of amides is 1. The first-order chi connectivity index (χ1) is 8.01. The molecule has 0 fully saturated rings. The molecule has 0 aromatic carbocycles. The Labute approximate surface area is 105 Å². The fourth-order valence-electron chi connectivity index (χ4n) is 1.39.